The molecule has 0 amide bonds. The fraction of sp³-hybridized carbons (Fsp3) is 0.333. The monoisotopic (exact) mass is 259 g/mol. The summed E-state index contributed by atoms with van der Waals surface area (Å²) in [4.78, 5) is 5.19. The predicted octanol–water partition coefficient (Wildman–Crippen LogP) is 2.45. The number of nitrogens with one attached hydrogen (secondary N) is 2. The molecule has 0 bridgehead atoms. The molecule has 3 N–H and O–H groups in total. The lowest BCUT2D eigenvalue weighted by molar-refractivity contribution is 0.302. The molecule has 0 atom stereocenters. The smallest absolute Gasteiger partial charge is 0.0606 e. The van der Waals surface area contributed by atoms with Crippen molar-refractivity contribution >= 4 is 11.4 Å². The molecule has 2 rings (SSSR count). The second-order valence-corrected chi connectivity index (χ2v) is 4.42. The molecule has 1 heterocycles. The first kappa shape index (κ1) is 13.5. The van der Waals surface area contributed by atoms with Crippen molar-refractivity contribution in [1.29, 1.82) is 0 Å². The number of hydrogen-bond donors (Lipinski definition) is 3. The highest BCUT2D eigenvalue weighted by Gasteiger charge is 2.03. The van der Waals surface area contributed by atoms with Crippen LogP contribution in [0.3, 0.4) is 0 Å². The SMILES string of the molecule is CCN(CCO)c1ccc(NCc2cc[nH]c2)cc1. The lowest BCUT2D eigenvalue weighted by atomic mass is 10.2. The molecule has 4 nitrogen and oxygen atoms in total. The maximum Gasteiger partial charge on any atom is 0.0606 e. The van der Waals surface area contributed by atoms with Gasteiger partial charge in [-0.15, -0.1) is 0 Å². The molecule has 1 aromatic heterocycles. The molecule has 0 saturated carbocycles. The van der Waals surface area contributed by atoms with Gasteiger partial charge in [-0.1, -0.05) is 0 Å². The van der Waals surface area contributed by atoms with Crippen molar-refractivity contribution in [3.8, 4) is 0 Å². The summed E-state index contributed by atoms with van der Waals surface area (Å²) >= 11 is 0. The number of aromatic amines is 1. The molecule has 0 aliphatic rings. The number of benzene rings is 1. The molecule has 0 aliphatic carbocycles. The number of H-pyrrole nitrogens is 1. The van der Waals surface area contributed by atoms with E-state index in [9.17, 15) is 0 Å². The van der Waals surface area contributed by atoms with Gasteiger partial charge in [0.2, 0.25) is 0 Å². The third kappa shape index (κ3) is 3.76. The third-order valence-corrected chi connectivity index (χ3v) is 3.14. The number of likely N-dealkylation sites (N-methyl/N-ethyl adjacent to an activating group) is 1. The van der Waals surface area contributed by atoms with Gasteiger partial charge in [-0.05, 0) is 42.8 Å². The first-order valence-corrected chi connectivity index (χ1v) is 6.65. The third-order valence-electron chi connectivity index (χ3n) is 3.14. The van der Waals surface area contributed by atoms with Gasteiger partial charge in [0.25, 0.3) is 0 Å². The number of anilines is 2. The van der Waals surface area contributed by atoms with Gasteiger partial charge in [0.1, 0.15) is 0 Å². The van der Waals surface area contributed by atoms with Gasteiger partial charge in [0, 0.05) is 43.4 Å². The van der Waals surface area contributed by atoms with Crippen LogP contribution in [0, 0.1) is 0 Å². The summed E-state index contributed by atoms with van der Waals surface area (Å²) in [5.74, 6) is 0. The molecule has 0 fully saturated rings. The molecule has 4 heteroatoms. The Morgan fingerprint density at radius 3 is 2.58 bits per heavy atom. The minimum atomic E-state index is 0.182. The van der Waals surface area contributed by atoms with E-state index in [4.69, 9.17) is 5.11 Å². The number of rotatable bonds is 7. The summed E-state index contributed by atoms with van der Waals surface area (Å²) in [6.45, 7) is 4.66. The van der Waals surface area contributed by atoms with Crippen LogP contribution in [-0.2, 0) is 6.54 Å². The van der Waals surface area contributed by atoms with E-state index in [1.807, 2.05) is 12.4 Å². The van der Waals surface area contributed by atoms with Gasteiger partial charge in [-0.3, -0.25) is 0 Å². The molecule has 0 spiro atoms. The molecular weight excluding hydrogens is 238 g/mol. The number of aromatic nitrogens is 1. The summed E-state index contributed by atoms with van der Waals surface area (Å²) in [5.41, 5.74) is 3.48. The van der Waals surface area contributed by atoms with Gasteiger partial charge >= 0.3 is 0 Å². The van der Waals surface area contributed by atoms with E-state index in [0.29, 0.717) is 6.54 Å². The number of aliphatic hydroxyl groups excluding tert-OH is 1. The zero-order valence-electron chi connectivity index (χ0n) is 11.3. The molecule has 0 saturated heterocycles. The Morgan fingerprint density at radius 1 is 1.21 bits per heavy atom. The fourth-order valence-electron chi connectivity index (χ4n) is 2.05. The van der Waals surface area contributed by atoms with Crippen LogP contribution in [0.4, 0.5) is 11.4 Å². The van der Waals surface area contributed by atoms with E-state index < -0.39 is 0 Å². The second-order valence-electron chi connectivity index (χ2n) is 4.42. The van der Waals surface area contributed by atoms with Crippen LogP contribution < -0.4 is 10.2 Å². The van der Waals surface area contributed by atoms with Crippen LogP contribution >= 0.6 is 0 Å². The Labute approximate surface area is 114 Å². The highest BCUT2D eigenvalue weighted by molar-refractivity contribution is 5.55. The first-order valence-electron chi connectivity index (χ1n) is 6.65. The van der Waals surface area contributed by atoms with Gasteiger partial charge in [0.05, 0.1) is 6.61 Å². The van der Waals surface area contributed by atoms with Crippen LogP contribution in [0.2, 0.25) is 0 Å². The molecule has 0 radical (unpaired) electrons. The van der Waals surface area contributed by atoms with Crippen LogP contribution in [0.15, 0.2) is 42.7 Å². The van der Waals surface area contributed by atoms with Crippen molar-refractivity contribution in [2.75, 3.05) is 29.9 Å². The van der Waals surface area contributed by atoms with Crippen LogP contribution in [0.25, 0.3) is 0 Å². The zero-order valence-corrected chi connectivity index (χ0v) is 11.3. The maximum absolute atomic E-state index is 9.02. The van der Waals surface area contributed by atoms with Gasteiger partial charge in [-0.2, -0.15) is 0 Å². The van der Waals surface area contributed by atoms with Crippen LogP contribution in [-0.4, -0.2) is 29.8 Å². The number of nitrogens with zero attached hydrogens (tertiary/aromatic N) is 1. The average Bonchev–Trinajstić information content (AvgIpc) is 2.96. The highest BCUT2D eigenvalue weighted by atomic mass is 16.3. The predicted molar refractivity (Wildman–Crippen MR) is 79.5 cm³/mol. The summed E-state index contributed by atoms with van der Waals surface area (Å²) < 4.78 is 0. The molecule has 0 aliphatic heterocycles. The quantitative estimate of drug-likeness (QED) is 0.716. The van der Waals surface area contributed by atoms with E-state index in [1.165, 1.54) is 5.56 Å². The van der Waals surface area contributed by atoms with Crippen LogP contribution in [0.1, 0.15) is 12.5 Å². The zero-order chi connectivity index (χ0) is 13.5. The minimum absolute atomic E-state index is 0.182. The van der Waals surface area contributed by atoms with E-state index in [1.54, 1.807) is 0 Å². The first-order chi connectivity index (χ1) is 9.33. The minimum Gasteiger partial charge on any atom is -0.395 e. The molecule has 0 unspecified atom stereocenters. The normalized spacial score (nSPS) is 10.4. The summed E-state index contributed by atoms with van der Waals surface area (Å²) in [6.07, 6.45) is 3.91. The Balaban J connectivity index is 1.93. The van der Waals surface area contributed by atoms with Crippen molar-refractivity contribution in [3.05, 3.63) is 48.3 Å². The average molecular weight is 259 g/mol. The van der Waals surface area contributed by atoms with Crippen LogP contribution in [0.5, 0.6) is 0 Å². The van der Waals surface area contributed by atoms with E-state index in [2.05, 4.69) is 52.5 Å². The summed E-state index contributed by atoms with van der Waals surface area (Å²) in [7, 11) is 0. The van der Waals surface area contributed by atoms with E-state index >= 15 is 0 Å². The van der Waals surface area contributed by atoms with Crippen molar-refractivity contribution in [1.82, 2.24) is 4.98 Å². The van der Waals surface area contributed by atoms with Gasteiger partial charge < -0.3 is 20.3 Å². The maximum atomic E-state index is 9.02. The Kier molecular flexibility index (Phi) is 4.86. The lowest BCUT2D eigenvalue weighted by Crippen LogP contribution is -2.25. The Bertz CT molecular complexity index is 465. The van der Waals surface area contributed by atoms with Crippen molar-refractivity contribution in [2.45, 2.75) is 13.5 Å². The number of aliphatic hydroxyl groups is 1. The van der Waals surface area contributed by atoms with Crippen molar-refractivity contribution in [3.63, 3.8) is 0 Å². The second kappa shape index (κ2) is 6.85. The Morgan fingerprint density at radius 2 is 2.00 bits per heavy atom. The van der Waals surface area contributed by atoms with E-state index in [0.717, 1.165) is 24.5 Å². The summed E-state index contributed by atoms with van der Waals surface area (Å²) in [6, 6.07) is 10.4. The highest BCUT2D eigenvalue weighted by Crippen LogP contribution is 2.18. The van der Waals surface area contributed by atoms with E-state index in [-0.39, 0.29) is 6.61 Å². The molecule has 102 valence electrons. The lowest BCUT2D eigenvalue weighted by Gasteiger charge is -2.22. The van der Waals surface area contributed by atoms with Crippen molar-refractivity contribution in [2.24, 2.45) is 0 Å². The standard InChI is InChI=1S/C15H21N3O/c1-2-18(9-10-19)15-5-3-14(4-6-15)17-12-13-7-8-16-11-13/h3-8,11,16-17,19H,2,9-10,12H2,1H3. The van der Waals surface area contributed by atoms with Gasteiger partial charge in [0.15, 0.2) is 0 Å². The fourth-order valence-corrected chi connectivity index (χ4v) is 2.05. The molecule has 2 aromatic rings. The summed E-state index contributed by atoms with van der Waals surface area (Å²) in [5, 5.41) is 12.4. The van der Waals surface area contributed by atoms with Crippen molar-refractivity contribution < 1.29 is 5.11 Å². The molecule has 1 aromatic carbocycles. The number of hydrogen-bond acceptors (Lipinski definition) is 3. The largest absolute Gasteiger partial charge is 0.395 e. The van der Waals surface area contributed by atoms with Gasteiger partial charge in [-0.25, -0.2) is 0 Å². The topological polar surface area (TPSA) is 51.3 Å². The Hall–Kier alpha value is -1.94. The molecule has 19 heavy (non-hydrogen) atoms. The molecular formula is C15H21N3O.